The number of amides is 1. The van der Waals surface area contributed by atoms with Crippen LogP contribution >= 0.6 is 0 Å². The molecule has 0 N–H and O–H groups in total. The third kappa shape index (κ3) is 4.04. The molecule has 0 unspecified atom stereocenters. The summed E-state index contributed by atoms with van der Waals surface area (Å²) in [7, 11) is 1.82. The second kappa shape index (κ2) is 8.52. The smallest absolute Gasteiger partial charge is 0.409 e. The van der Waals surface area contributed by atoms with Crippen LogP contribution in [-0.4, -0.2) is 30.7 Å². The number of carbonyl (C=O) groups is 1. The standard InChI is InChI=1S/C26H27NO2/c1-19(18-20-10-4-3-5-11-20)27(2)26(28)29-17-16-25-23-14-8-6-12-21(23)22-13-7-9-15-24(22)25/h3-15,19,25H,16-18H2,1-2H3/t19-/m0/s1. The van der Waals surface area contributed by atoms with Crippen LogP contribution in [0.5, 0.6) is 0 Å². The third-order valence-electron chi connectivity index (χ3n) is 5.92. The summed E-state index contributed by atoms with van der Waals surface area (Å²) in [6.07, 6.45) is 1.35. The largest absolute Gasteiger partial charge is 0.449 e. The molecule has 0 saturated heterocycles. The minimum atomic E-state index is -0.256. The van der Waals surface area contributed by atoms with E-state index in [1.165, 1.54) is 27.8 Å². The Morgan fingerprint density at radius 3 is 2.07 bits per heavy atom. The van der Waals surface area contributed by atoms with Crippen LogP contribution in [-0.2, 0) is 11.2 Å². The molecule has 1 aliphatic rings. The second-order valence-corrected chi connectivity index (χ2v) is 7.78. The minimum Gasteiger partial charge on any atom is -0.449 e. The van der Waals surface area contributed by atoms with Gasteiger partial charge in [0.15, 0.2) is 0 Å². The highest BCUT2D eigenvalue weighted by molar-refractivity contribution is 5.78. The van der Waals surface area contributed by atoms with Crippen LogP contribution in [0, 0.1) is 0 Å². The van der Waals surface area contributed by atoms with Gasteiger partial charge in [-0.3, -0.25) is 0 Å². The fraction of sp³-hybridized carbons (Fsp3) is 0.269. The Kier molecular flexibility index (Phi) is 5.66. The summed E-state index contributed by atoms with van der Waals surface area (Å²) in [6, 6.07) is 27.4. The molecule has 1 amide bonds. The molecular weight excluding hydrogens is 358 g/mol. The Hall–Kier alpha value is -3.07. The van der Waals surface area contributed by atoms with E-state index in [2.05, 4.69) is 67.6 Å². The molecule has 0 bridgehead atoms. The summed E-state index contributed by atoms with van der Waals surface area (Å²) in [5, 5.41) is 0. The maximum absolute atomic E-state index is 12.5. The fourth-order valence-corrected chi connectivity index (χ4v) is 4.21. The number of fused-ring (bicyclic) bond motifs is 3. The number of carbonyl (C=O) groups excluding carboxylic acids is 1. The molecule has 3 aromatic carbocycles. The number of ether oxygens (including phenoxy) is 1. The number of hydrogen-bond donors (Lipinski definition) is 0. The first-order chi connectivity index (χ1) is 14.1. The zero-order valence-corrected chi connectivity index (χ0v) is 17.0. The van der Waals surface area contributed by atoms with Crippen molar-refractivity contribution < 1.29 is 9.53 Å². The molecule has 1 atom stereocenters. The molecule has 3 aromatic rings. The van der Waals surface area contributed by atoms with Crippen molar-refractivity contribution in [3.63, 3.8) is 0 Å². The van der Waals surface area contributed by atoms with E-state index < -0.39 is 0 Å². The first-order valence-electron chi connectivity index (χ1n) is 10.3. The third-order valence-corrected chi connectivity index (χ3v) is 5.92. The van der Waals surface area contributed by atoms with E-state index in [9.17, 15) is 4.79 Å². The zero-order valence-electron chi connectivity index (χ0n) is 17.0. The van der Waals surface area contributed by atoms with Crippen LogP contribution in [0.15, 0.2) is 78.9 Å². The van der Waals surface area contributed by atoms with Gasteiger partial charge < -0.3 is 9.64 Å². The van der Waals surface area contributed by atoms with E-state index in [0.29, 0.717) is 6.61 Å². The van der Waals surface area contributed by atoms with E-state index in [4.69, 9.17) is 4.74 Å². The molecule has 3 nitrogen and oxygen atoms in total. The molecule has 0 radical (unpaired) electrons. The molecule has 148 valence electrons. The first kappa shape index (κ1) is 19.3. The lowest BCUT2D eigenvalue weighted by Gasteiger charge is -2.25. The van der Waals surface area contributed by atoms with Gasteiger partial charge in [-0.1, -0.05) is 78.9 Å². The van der Waals surface area contributed by atoms with Gasteiger partial charge in [-0.15, -0.1) is 0 Å². The predicted octanol–water partition coefficient (Wildman–Crippen LogP) is 5.89. The Labute approximate surface area is 172 Å². The molecule has 0 aromatic heterocycles. The molecule has 29 heavy (non-hydrogen) atoms. The summed E-state index contributed by atoms with van der Waals surface area (Å²) < 4.78 is 5.64. The number of benzene rings is 3. The van der Waals surface area contributed by atoms with Crippen molar-refractivity contribution in [2.45, 2.75) is 31.7 Å². The Bertz CT molecular complexity index is 937. The van der Waals surface area contributed by atoms with Gasteiger partial charge in [-0.05, 0) is 47.6 Å². The number of rotatable bonds is 6. The van der Waals surface area contributed by atoms with Gasteiger partial charge >= 0.3 is 6.09 Å². The molecule has 1 aliphatic carbocycles. The SMILES string of the molecule is C[C@@H](Cc1ccccc1)N(C)C(=O)OCCC1c2ccccc2-c2ccccc21. The topological polar surface area (TPSA) is 29.5 Å². The highest BCUT2D eigenvalue weighted by Crippen LogP contribution is 2.45. The average molecular weight is 386 g/mol. The summed E-state index contributed by atoms with van der Waals surface area (Å²) in [5.74, 6) is 0.280. The Morgan fingerprint density at radius 2 is 1.45 bits per heavy atom. The fourth-order valence-electron chi connectivity index (χ4n) is 4.21. The van der Waals surface area contributed by atoms with Crippen LogP contribution in [0.2, 0.25) is 0 Å². The van der Waals surface area contributed by atoms with E-state index in [-0.39, 0.29) is 18.1 Å². The maximum atomic E-state index is 12.5. The van der Waals surface area contributed by atoms with Crippen LogP contribution < -0.4 is 0 Å². The summed E-state index contributed by atoms with van der Waals surface area (Å²) in [5.41, 5.74) is 6.48. The van der Waals surface area contributed by atoms with Gasteiger partial charge in [0.25, 0.3) is 0 Å². The molecule has 0 spiro atoms. The van der Waals surface area contributed by atoms with Gasteiger partial charge in [-0.2, -0.15) is 0 Å². The molecule has 3 heteroatoms. The van der Waals surface area contributed by atoms with Crippen molar-refractivity contribution in [1.82, 2.24) is 4.90 Å². The molecule has 0 aliphatic heterocycles. The van der Waals surface area contributed by atoms with Crippen LogP contribution in [0.3, 0.4) is 0 Å². The van der Waals surface area contributed by atoms with Crippen LogP contribution in [0.4, 0.5) is 4.79 Å². The molecule has 0 fully saturated rings. The highest BCUT2D eigenvalue weighted by atomic mass is 16.6. The zero-order chi connectivity index (χ0) is 20.2. The molecule has 0 saturated carbocycles. The second-order valence-electron chi connectivity index (χ2n) is 7.78. The Morgan fingerprint density at radius 1 is 0.897 bits per heavy atom. The van der Waals surface area contributed by atoms with Crippen molar-refractivity contribution in [2.75, 3.05) is 13.7 Å². The average Bonchev–Trinajstić information content (AvgIpc) is 3.08. The van der Waals surface area contributed by atoms with Crippen molar-refractivity contribution in [3.8, 4) is 11.1 Å². The molecule has 0 heterocycles. The summed E-state index contributed by atoms with van der Waals surface area (Å²) in [6.45, 7) is 2.46. The van der Waals surface area contributed by atoms with E-state index in [1.54, 1.807) is 4.90 Å². The van der Waals surface area contributed by atoms with Gasteiger partial charge in [-0.25, -0.2) is 4.79 Å². The van der Waals surface area contributed by atoms with Crippen LogP contribution in [0.25, 0.3) is 11.1 Å². The lowest BCUT2D eigenvalue weighted by atomic mass is 9.94. The summed E-state index contributed by atoms with van der Waals surface area (Å²) in [4.78, 5) is 14.2. The Balaban J connectivity index is 1.36. The quantitative estimate of drug-likeness (QED) is 0.529. The van der Waals surface area contributed by atoms with Gasteiger partial charge in [0.05, 0.1) is 6.61 Å². The van der Waals surface area contributed by atoms with Gasteiger partial charge in [0.1, 0.15) is 0 Å². The number of likely N-dealkylation sites (N-methyl/N-ethyl adjacent to an activating group) is 1. The van der Waals surface area contributed by atoms with Crippen molar-refractivity contribution in [3.05, 3.63) is 95.6 Å². The normalized spacial score (nSPS) is 13.4. The number of hydrogen-bond acceptors (Lipinski definition) is 2. The number of nitrogens with zero attached hydrogens (tertiary/aromatic N) is 1. The van der Waals surface area contributed by atoms with E-state index in [1.807, 2.05) is 25.2 Å². The van der Waals surface area contributed by atoms with Crippen LogP contribution in [0.1, 0.15) is 36.0 Å². The van der Waals surface area contributed by atoms with Gasteiger partial charge in [0.2, 0.25) is 0 Å². The molecular formula is C26H27NO2. The first-order valence-corrected chi connectivity index (χ1v) is 10.3. The maximum Gasteiger partial charge on any atom is 0.409 e. The van der Waals surface area contributed by atoms with E-state index in [0.717, 1.165) is 12.8 Å². The summed E-state index contributed by atoms with van der Waals surface area (Å²) >= 11 is 0. The lowest BCUT2D eigenvalue weighted by Crippen LogP contribution is -2.37. The van der Waals surface area contributed by atoms with Crippen molar-refractivity contribution in [1.29, 1.82) is 0 Å². The van der Waals surface area contributed by atoms with E-state index >= 15 is 0 Å². The predicted molar refractivity (Wildman–Crippen MR) is 117 cm³/mol. The van der Waals surface area contributed by atoms with Gasteiger partial charge in [0, 0.05) is 19.0 Å². The molecule has 4 rings (SSSR count). The highest BCUT2D eigenvalue weighted by Gasteiger charge is 2.28. The lowest BCUT2D eigenvalue weighted by molar-refractivity contribution is 0.0975. The van der Waals surface area contributed by atoms with Crippen molar-refractivity contribution >= 4 is 6.09 Å². The monoisotopic (exact) mass is 385 g/mol. The minimum absolute atomic E-state index is 0.0813. The van der Waals surface area contributed by atoms with Crippen molar-refractivity contribution in [2.24, 2.45) is 0 Å².